The third-order valence-electron chi connectivity index (χ3n) is 3.83. The average Bonchev–Trinajstić information content (AvgIpc) is 2.54. The molecule has 1 aliphatic carbocycles. The maximum absolute atomic E-state index is 6.11. The van der Waals surface area contributed by atoms with Crippen LogP contribution >= 0.6 is 0 Å². The van der Waals surface area contributed by atoms with Crippen LogP contribution in [0.4, 0.5) is 0 Å². The molecule has 27 heavy (non-hydrogen) atoms. The minimum absolute atomic E-state index is 0.404. The summed E-state index contributed by atoms with van der Waals surface area (Å²) in [5.41, 5.74) is -2.38. The van der Waals surface area contributed by atoms with E-state index in [0.29, 0.717) is 12.4 Å². The molecule has 0 heterocycles. The molecule has 0 saturated heterocycles. The van der Waals surface area contributed by atoms with Crippen molar-refractivity contribution in [3.63, 3.8) is 0 Å². The molecule has 1 rings (SSSR count). The van der Waals surface area contributed by atoms with E-state index in [-0.39, 0.29) is 0 Å². The molecular formula is C22H40O5. The first-order chi connectivity index (χ1) is 12.3. The molecule has 0 N–H and O–H groups in total. The molecule has 0 aromatic rings. The van der Waals surface area contributed by atoms with Gasteiger partial charge in [0.1, 0.15) is 11.4 Å². The molecule has 0 aromatic carbocycles. The van der Waals surface area contributed by atoms with Crippen molar-refractivity contribution in [2.75, 3.05) is 6.61 Å². The smallest absolute Gasteiger partial charge is 0.175 e. The van der Waals surface area contributed by atoms with E-state index in [1.807, 2.05) is 73.6 Å². The lowest BCUT2D eigenvalue weighted by molar-refractivity contribution is -0.393. The van der Waals surface area contributed by atoms with Crippen LogP contribution in [0.25, 0.3) is 0 Å². The van der Waals surface area contributed by atoms with E-state index in [4.69, 9.17) is 24.3 Å². The number of hydrogen-bond acceptors (Lipinski definition) is 5. The first-order valence-electron chi connectivity index (χ1n) is 10.1. The molecule has 0 saturated carbocycles. The lowest BCUT2D eigenvalue weighted by Gasteiger charge is -2.37. The summed E-state index contributed by atoms with van der Waals surface area (Å²) in [5.74, 6) is 0.672. The Kier molecular flexibility index (Phi) is 8.54. The van der Waals surface area contributed by atoms with Gasteiger partial charge in [-0.3, -0.25) is 0 Å². The van der Waals surface area contributed by atoms with E-state index in [9.17, 15) is 0 Å². The van der Waals surface area contributed by atoms with E-state index >= 15 is 0 Å². The first-order valence-corrected chi connectivity index (χ1v) is 10.1. The van der Waals surface area contributed by atoms with Crippen LogP contribution in [0, 0.1) is 0 Å². The van der Waals surface area contributed by atoms with Crippen LogP contribution in [0.1, 0.15) is 88.0 Å². The minimum atomic E-state index is -0.817. The van der Waals surface area contributed by atoms with E-state index in [1.165, 1.54) is 12.8 Å². The summed E-state index contributed by atoms with van der Waals surface area (Å²) in [4.78, 5) is 22.6. The molecule has 5 heteroatoms. The molecule has 0 aromatic heterocycles. The largest absolute Gasteiger partial charge is 0.495 e. The van der Waals surface area contributed by atoms with Crippen molar-refractivity contribution in [3.8, 4) is 0 Å². The van der Waals surface area contributed by atoms with Crippen LogP contribution in [0.3, 0.4) is 0 Å². The van der Waals surface area contributed by atoms with Crippen molar-refractivity contribution < 1.29 is 24.3 Å². The zero-order chi connectivity index (χ0) is 20.8. The maximum atomic E-state index is 6.11. The highest BCUT2D eigenvalue weighted by atomic mass is 17.2. The summed E-state index contributed by atoms with van der Waals surface area (Å²) in [6.07, 6.45) is 10.3. The monoisotopic (exact) mass is 384 g/mol. The highest BCUT2D eigenvalue weighted by molar-refractivity contribution is 5.32. The summed E-state index contributed by atoms with van der Waals surface area (Å²) in [6.45, 7) is 18.4. The fourth-order valence-corrected chi connectivity index (χ4v) is 2.30. The lowest BCUT2D eigenvalue weighted by atomic mass is 9.90. The van der Waals surface area contributed by atoms with E-state index in [0.717, 1.165) is 12.8 Å². The predicted octanol–water partition coefficient (Wildman–Crippen LogP) is 6.05. The van der Waals surface area contributed by atoms with Crippen LogP contribution in [0.5, 0.6) is 0 Å². The number of hydrogen-bond donors (Lipinski definition) is 0. The standard InChI is InChI=1S/C22H40O5/c1-10-11-12-13-16-23-18-17-21(8,26-24-19(2,3)4)14-15-22(18,9)27-25-20(5,6)7/h14-15,17H,10-13,16H2,1-9H3. The SMILES string of the molecule is CCCCCCOC1=CC(C)(OOC(C)(C)C)C=CC1(C)OOC(C)(C)C. The second kappa shape index (κ2) is 9.55. The Morgan fingerprint density at radius 3 is 1.96 bits per heavy atom. The molecule has 2 unspecified atom stereocenters. The normalized spacial score (nSPS) is 26.2. The molecule has 0 aliphatic heterocycles. The van der Waals surface area contributed by atoms with Crippen LogP contribution in [-0.4, -0.2) is 29.0 Å². The van der Waals surface area contributed by atoms with Gasteiger partial charge in [-0.05, 0) is 80.0 Å². The van der Waals surface area contributed by atoms with Gasteiger partial charge in [-0.1, -0.05) is 26.2 Å². The Labute approximate surface area is 165 Å². The van der Waals surface area contributed by atoms with Crippen LogP contribution in [0.2, 0.25) is 0 Å². The van der Waals surface area contributed by atoms with Crippen LogP contribution < -0.4 is 0 Å². The highest BCUT2D eigenvalue weighted by Crippen LogP contribution is 2.36. The highest BCUT2D eigenvalue weighted by Gasteiger charge is 2.40. The number of rotatable bonds is 10. The summed E-state index contributed by atoms with van der Waals surface area (Å²) >= 11 is 0. The average molecular weight is 385 g/mol. The van der Waals surface area contributed by atoms with Gasteiger partial charge in [-0.25, -0.2) is 19.6 Å². The number of ether oxygens (including phenoxy) is 1. The van der Waals surface area contributed by atoms with Crippen molar-refractivity contribution in [3.05, 3.63) is 24.0 Å². The fraction of sp³-hybridized carbons (Fsp3) is 0.818. The van der Waals surface area contributed by atoms with Crippen molar-refractivity contribution >= 4 is 0 Å². The lowest BCUT2D eigenvalue weighted by Crippen LogP contribution is -2.41. The summed E-state index contributed by atoms with van der Waals surface area (Å²) in [7, 11) is 0. The molecule has 2 atom stereocenters. The van der Waals surface area contributed by atoms with Gasteiger partial charge in [0.05, 0.1) is 17.8 Å². The van der Waals surface area contributed by atoms with Gasteiger partial charge in [0, 0.05) is 0 Å². The summed E-state index contributed by atoms with van der Waals surface area (Å²) < 4.78 is 6.11. The molecule has 0 amide bonds. The zero-order valence-electron chi connectivity index (χ0n) is 18.8. The Bertz CT molecular complexity index is 512. The Morgan fingerprint density at radius 1 is 0.815 bits per heavy atom. The van der Waals surface area contributed by atoms with Crippen LogP contribution in [0.15, 0.2) is 24.0 Å². The Hall–Kier alpha value is -0.880. The Balaban J connectivity index is 2.90. The van der Waals surface area contributed by atoms with Gasteiger partial charge < -0.3 is 4.74 Å². The van der Waals surface area contributed by atoms with Crippen LogP contribution in [-0.2, 0) is 24.3 Å². The third kappa shape index (κ3) is 9.24. The van der Waals surface area contributed by atoms with Gasteiger partial charge in [0.2, 0.25) is 0 Å². The molecule has 0 radical (unpaired) electrons. The van der Waals surface area contributed by atoms with Gasteiger partial charge in [-0.15, -0.1) is 0 Å². The van der Waals surface area contributed by atoms with E-state index < -0.39 is 22.4 Å². The van der Waals surface area contributed by atoms with E-state index in [2.05, 4.69) is 6.92 Å². The maximum Gasteiger partial charge on any atom is 0.175 e. The minimum Gasteiger partial charge on any atom is -0.495 e. The van der Waals surface area contributed by atoms with Crippen molar-refractivity contribution in [2.24, 2.45) is 0 Å². The number of unbranched alkanes of at least 4 members (excludes halogenated alkanes) is 3. The molecule has 158 valence electrons. The summed E-state index contributed by atoms with van der Waals surface area (Å²) in [5, 5.41) is 0. The van der Waals surface area contributed by atoms with Crippen molar-refractivity contribution in [2.45, 2.75) is 110 Å². The molecule has 5 nitrogen and oxygen atoms in total. The van der Waals surface area contributed by atoms with Gasteiger partial charge in [-0.2, -0.15) is 0 Å². The molecule has 0 spiro atoms. The van der Waals surface area contributed by atoms with Crippen molar-refractivity contribution in [1.29, 1.82) is 0 Å². The van der Waals surface area contributed by atoms with Gasteiger partial charge >= 0.3 is 0 Å². The predicted molar refractivity (Wildman–Crippen MR) is 108 cm³/mol. The Morgan fingerprint density at radius 2 is 1.41 bits per heavy atom. The molecule has 1 aliphatic rings. The molecule has 0 fully saturated rings. The van der Waals surface area contributed by atoms with Gasteiger partial charge in [0.25, 0.3) is 0 Å². The van der Waals surface area contributed by atoms with Crippen molar-refractivity contribution in [1.82, 2.24) is 0 Å². The van der Waals surface area contributed by atoms with Gasteiger partial charge in [0.15, 0.2) is 5.60 Å². The van der Waals surface area contributed by atoms with E-state index in [1.54, 1.807) is 0 Å². The topological polar surface area (TPSA) is 46.2 Å². The summed E-state index contributed by atoms with van der Waals surface area (Å²) in [6, 6.07) is 0. The molecule has 0 bridgehead atoms. The second-order valence-electron chi connectivity index (χ2n) is 9.60. The second-order valence-corrected chi connectivity index (χ2v) is 9.60. The molecular weight excluding hydrogens is 344 g/mol. The fourth-order valence-electron chi connectivity index (χ4n) is 2.30. The first kappa shape index (κ1) is 24.2. The zero-order valence-corrected chi connectivity index (χ0v) is 18.8. The third-order valence-corrected chi connectivity index (χ3v) is 3.83. The quantitative estimate of drug-likeness (QED) is 0.199.